The van der Waals surface area contributed by atoms with Crippen molar-refractivity contribution in [1.82, 2.24) is 19.9 Å². The summed E-state index contributed by atoms with van der Waals surface area (Å²) < 4.78 is 0. The van der Waals surface area contributed by atoms with Crippen LogP contribution in [0.5, 0.6) is 0 Å². The Morgan fingerprint density at radius 1 is 0.450 bits per heavy atom. The highest BCUT2D eigenvalue weighted by molar-refractivity contribution is 5.74. The van der Waals surface area contributed by atoms with Crippen molar-refractivity contribution in [3.8, 4) is 0 Å². The van der Waals surface area contributed by atoms with Crippen LogP contribution in [0.2, 0.25) is 0 Å². The largest absolute Gasteiger partial charge is 0.237 e. The lowest BCUT2D eigenvalue weighted by Gasteiger charge is -1.90. The summed E-state index contributed by atoms with van der Waals surface area (Å²) in [6, 6.07) is 15.6. The van der Waals surface area contributed by atoms with Gasteiger partial charge in [0.2, 0.25) is 0 Å². The van der Waals surface area contributed by atoms with Crippen molar-refractivity contribution in [2.75, 3.05) is 0 Å². The van der Waals surface area contributed by atoms with E-state index in [-0.39, 0.29) is 0 Å². The van der Waals surface area contributed by atoms with E-state index in [9.17, 15) is 0 Å². The van der Waals surface area contributed by atoms with Gasteiger partial charge in [0.05, 0.1) is 0 Å². The van der Waals surface area contributed by atoms with Crippen LogP contribution in [-0.4, -0.2) is 19.9 Å². The first-order valence-corrected chi connectivity index (χ1v) is 6.25. The Morgan fingerprint density at radius 3 is 1.00 bits per heavy atom. The third-order valence-electron chi connectivity index (χ3n) is 2.75. The molecule has 0 atom stereocenters. The number of hydrogen-bond acceptors (Lipinski definition) is 4. The lowest BCUT2D eigenvalue weighted by molar-refractivity contribution is 1.29. The van der Waals surface area contributed by atoms with Crippen molar-refractivity contribution in [1.29, 1.82) is 0 Å². The van der Waals surface area contributed by atoms with Gasteiger partial charge in [-0.3, -0.25) is 0 Å². The molecule has 4 heteroatoms. The first kappa shape index (κ1) is 12.2. The van der Waals surface area contributed by atoms with Gasteiger partial charge in [-0.1, -0.05) is 0 Å². The quantitative estimate of drug-likeness (QED) is 0.487. The molecule has 0 amide bonds. The van der Waals surface area contributed by atoms with Gasteiger partial charge in [-0.2, -0.15) is 0 Å². The van der Waals surface area contributed by atoms with Crippen molar-refractivity contribution in [2.45, 2.75) is 0 Å². The Morgan fingerprint density at radius 2 is 0.750 bits per heavy atom. The van der Waals surface area contributed by atoms with E-state index in [4.69, 9.17) is 0 Å². The summed E-state index contributed by atoms with van der Waals surface area (Å²) in [6.45, 7) is 0. The van der Waals surface area contributed by atoms with Gasteiger partial charge < -0.3 is 0 Å². The standard InChI is InChI=1S/2C8H6N2/c2*1-3-7-4-2-6-10-8(7)9-5-1/h2*1-6H. The zero-order chi connectivity index (χ0) is 13.6. The smallest absolute Gasteiger partial charge is 0.159 e. The second-order valence-corrected chi connectivity index (χ2v) is 4.11. The van der Waals surface area contributed by atoms with Gasteiger partial charge in [-0.15, -0.1) is 0 Å². The molecule has 0 radical (unpaired) electrons. The molecule has 4 nitrogen and oxygen atoms in total. The van der Waals surface area contributed by atoms with Gasteiger partial charge in [0.25, 0.3) is 0 Å². The molecule has 0 aliphatic heterocycles. The van der Waals surface area contributed by atoms with Crippen LogP contribution in [-0.2, 0) is 0 Å². The number of rotatable bonds is 0. The van der Waals surface area contributed by atoms with Gasteiger partial charge in [0.1, 0.15) is 0 Å². The van der Waals surface area contributed by atoms with E-state index in [0.29, 0.717) is 0 Å². The second kappa shape index (κ2) is 5.84. The first-order chi connectivity index (χ1) is 9.93. The fraction of sp³-hybridized carbons (Fsp3) is 0. The molecule has 4 heterocycles. The summed E-state index contributed by atoms with van der Waals surface area (Å²) in [5, 5.41) is 2.18. The summed E-state index contributed by atoms with van der Waals surface area (Å²) in [7, 11) is 0. The minimum Gasteiger partial charge on any atom is -0.237 e. The molecule has 0 fully saturated rings. The summed E-state index contributed by atoms with van der Waals surface area (Å²) in [5.41, 5.74) is 1.62. The molecular weight excluding hydrogens is 248 g/mol. The molecule has 20 heavy (non-hydrogen) atoms. The normalized spacial score (nSPS) is 10.0. The van der Waals surface area contributed by atoms with Gasteiger partial charge in [0.15, 0.2) is 11.3 Å². The maximum absolute atomic E-state index is 4.07. The van der Waals surface area contributed by atoms with E-state index in [2.05, 4.69) is 19.9 Å². The minimum atomic E-state index is 0.810. The molecule has 0 spiro atoms. The molecule has 0 saturated heterocycles. The van der Waals surface area contributed by atoms with Gasteiger partial charge in [-0.25, -0.2) is 19.9 Å². The molecule has 0 N–H and O–H groups in total. The van der Waals surface area contributed by atoms with Crippen LogP contribution in [0.4, 0.5) is 0 Å². The summed E-state index contributed by atoms with van der Waals surface area (Å²) in [4.78, 5) is 16.3. The number of nitrogens with zero attached hydrogens (tertiary/aromatic N) is 4. The van der Waals surface area contributed by atoms with E-state index >= 15 is 0 Å². The van der Waals surface area contributed by atoms with Crippen molar-refractivity contribution in [3.63, 3.8) is 0 Å². The fourth-order valence-corrected chi connectivity index (χ4v) is 1.82. The van der Waals surface area contributed by atoms with Crippen LogP contribution in [0.1, 0.15) is 0 Å². The van der Waals surface area contributed by atoms with Gasteiger partial charge >= 0.3 is 0 Å². The Kier molecular flexibility index (Phi) is 3.55. The maximum atomic E-state index is 4.07. The molecule has 0 saturated carbocycles. The molecule has 4 aromatic rings. The average molecular weight is 260 g/mol. The van der Waals surface area contributed by atoms with E-state index < -0.39 is 0 Å². The van der Waals surface area contributed by atoms with Crippen LogP contribution in [0, 0.1) is 0 Å². The Hall–Kier alpha value is -2.88. The topological polar surface area (TPSA) is 51.6 Å². The van der Waals surface area contributed by atoms with Crippen molar-refractivity contribution in [2.24, 2.45) is 0 Å². The van der Waals surface area contributed by atoms with Crippen LogP contribution in [0.3, 0.4) is 0 Å². The minimum absolute atomic E-state index is 0.810. The second-order valence-electron chi connectivity index (χ2n) is 4.11. The summed E-state index contributed by atoms with van der Waals surface area (Å²) >= 11 is 0. The van der Waals surface area contributed by atoms with Gasteiger partial charge in [-0.05, 0) is 48.5 Å². The molecule has 0 bridgehead atoms. The molecule has 0 unspecified atom stereocenters. The Balaban J connectivity index is 0.000000121. The molecule has 0 aliphatic rings. The number of pyridine rings is 4. The van der Waals surface area contributed by atoms with E-state index in [1.807, 2.05) is 48.5 Å². The van der Waals surface area contributed by atoms with E-state index in [0.717, 1.165) is 22.1 Å². The van der Waals surface area contributed by atoms with Crippen LogP contribution < -0.4 is 0 Å². The van der Waals surface area contributed by atoms with Crippen molar-refractivity contribution >= 4 is 22.1 Å². The Bertz CT molecular complexity index is 628. The van der Waals surface area contributed by atoms with Gasteiger partial charge in [0, 0.05) is 35.6 Å². The van der Waals surface area contributed by atoms with E-state index in [1.54, 1.807) is 24.8 Å². The molecular formula is C16H12N4. The zero-order valence-corrected chi connectivity index (χ0v) is 10.7. The third kappa shape index (κ3) is 2.75. The number of hydrogen-bond donors (Lipinski definition) is 0. The SMILES string of the molecule is c1cnc2ncccc2c1.c1cnc2ncccc2c1. The maximum Gasteiger partial charge on any atom is 0.159 e. The number of fused-ring (bicyclic) bond motifs is 2. The average Bonchev–Trinajstić information content (AvgIpc) is 2.56. The van der Waals surface area contributed by atoms with Crippen LogP contribution in [0.25, 0.3) is 22.1 Å². The highest BCUT2D eigenvalue weighted by Crippen LogP contribution is 2.05. The summed E-state index contributed by atoms with van der Waals surface area (Å²) in [5.74, 6) is 0. The van der Waals surface area contributed by atoms with Crippen molar-refractivity contribution < 1.29 is 0 Å². The number of aromatic nitrogens is 4. The summed E-state index contributed by atoms with van der Waals surface area (Å²) in [6.07, 6.45) is 6.98. The van der Waals surface area contributed by atoms with E-state index in [1.165, 1.54) is 0 Å². The molecule has 4 aromatic heterocycles. The zero-order valence-electron chi connectivity index (χ0n) is 10.7. The molecule has 0 aromatic carbocycles. The predicted molar refractivity (Wildman–Crippen MR) is 79.1 cm³/mol. The van der Waals surface area contributed by atoms with Crippen LogP contribution in [0.15, 0.2) is 73.3 Å². The Labute approximate surface area is 116 Å². The molecule has 96 valence electrons. The highest BCUT2D eigenvalue weighted by Gasteiger charge is 1.89. The fourth-order valence-electron chi connectivity index (χ4n) is 1.82. The molecule has 0 aliphatic carbocycles. The third-order valence-corrected chi connectivity index (χ3v) is 2.75. The van der Waals surface area contributed by atoms with Crippen molar-refractivity contribution in [3.05, 3.63) is 73.3 Å². The molecule has 4 rings (SSSR count). The lowest BCUT2D eigenvalue weighted by Crippen LogP contribution is -1.78. The lowest BCUT2D eigenvalue weighted by atomic mass is 10.3. The highest BCUT2D eigenvalue weighted by atomic mass is 14.8. The first-order valence-electron chi connectivity index (χ1n) is 6.25. The monoisotopic (exact) mass is 260 g/mol. The predicted octanol–water partition coefficient (Wildman–Crippen LogP) is 3.26. The van der Waals surface area contributed by atoms with Crippen LogP contribution >= 0.6 is 0 Å².